The van der Waals surface area contributed by atoms with Gasteiger partial charge in [-0.1, -0.05) is 30.3 Å². The Bertz CT molecular complexity index is 647. The van der Waals surface area contributed by atoms with Crippen LogP contribution in [-0.4, -0.2) is 20.2 Å². The van der Waals surface area contributed by atoms with Crippen molar-refractivity contribution < 1.29 is 19.0 Å². The minimum absolute atomic E-state index is 0.254. The van der Waals surface area contributed by atoms with Crippen LogP contribution in [0.3, 0.4) is 0 Å². The number of benzene rings is 2. The van der Waals surface area contributed by atoms with Gasteiger partial charge in [-0.25, -0.2) is 4.79 Å². The molecule has 4 heteroatoms. The summed E-state index contributed by atoms with van der Waals surface area (Å²) in [5, 5.41) is 0. The summed E-state index contributed by atoms with van der Waals surface area (Å²) in [6.07, 6.45) is 3.04. The lowest BCUT2D eigenvalue weighted by atomic mass is 10.1. The summed E-state index contributed by atoms with van der Waals surface area (Å²) in [6, 6.07) is 14.9. The first kappa shape index (κ1) is 15.6. The van der Waals surface area contributed by atoms with Gasteiger partial charge < -0.3 is 14.2 Å². The highest BCUT2D eigenvalue weighted by atomic mass is 16.5. The smallest absolute Gasteiger partial charge is 0.331 e. The Morgan fingerprint density at radius 1 is 1.05 bits per heavy atom. The predicted molar refractivity (Wildman–Crippen MR) is 84.8 cm³/mol. The fourth-order valence-corrected chi connectivity index (χ4v) is 1.89. The number of carbonyl (C=O) groups excluding carboxylic acids is 1. The number of carbonyl (C=O) groups is 1. The summed E-state index contributed by atoms with van der Waals surface area (Å²) in [4.78, 5) is 11.7. The second-order valence-electron chi connectivity index (χ2n) is 4.53. The zero-order valence-electron chi connectivity index (χ0n) is 12.6. The van der Waals surface area contributed by atoms with Gasteiger partial charge >= 0.3 is 5.97 Å². The van der Waals surface area contributed by atoms with Crippen molar-refractivity contribution in [1.29, 1.82) is 0 Å². The van der Waals surface area contributed by atoms with Gasteiger partial charge in [0.1, 0.15) is 18.1 Å². The first-order valence-electron chi connectivity index (χ1n) is 6.83. The molecule has 2 aromatic rings. The molecular weight excluding hydrogens is 280 g/mol. The van der Waals surface area contributed by atoms with Crippen molar-refractivity contribution in [2.45, 2.75) is 6.61 Å². The largest absolute Gasteiger partial charge is 0.497 e. The summed E-state index contributed by atoms with van der Waals surface area (Å²) < 4.78 is 15.6. The molecule has 0 radical (unpaired) electrons. The minimum Gasteiger partial charge on any atom is -0.497 e. The Kier molecular flexibility index (Phi) is 5.60. The van der Waals surface area contributed by atoms with Crippen LogP contribution in [0.1, 0.15) is 11.1 Å². The van der Waals surface area contributed by atoms with Crippen molar-refractivity contribution in [3.8, 4) is 11.5 Å². The molecule has 0 bridgehead atoms. The van der Waals surface area contributed by atoms with E-state index in [-0.39, 0.29) is 6.61 Å². The molecule has 0 aliphatic rings. The van der Waals surface area contributed by atoms with E-state index in [1.165, 1.54) is 6.08 Å². The molecule has 0 atom stereocenters. The molecule has 22 heavy (non-hydrogen) atoms. The van der Waals surface area contributed by atoms with Gasteiger partial charge in [0, 0.05) is 17.7 Å². The van der Waals surface area contributed by atoms with Crippen LogP contribution >= 0.6 is 0 Å². The van der Waals surface area contributed by atoms with E-state index < -0.39 is 5.97 Å². The van der Waals surface area contributed by atoms with Gasteiger partial charge in [-0.2, -0.15) is 0 Å². The van der Waals surface area contributed by atoms with Gasteiger partial charge in [-0.15, -0.1) is 0 Å². The summed E-state index contributed by atoms with van der Waals surface area (Å²) in [5.74, 6) is 0.925. The molecule has 0 N–H and O–H groups in total. The Hall–Kier alpha value is -2.75. The fraction of sp³-hybridized carbons (Fsp3) is 0.167. The Labute approximate surface area is 129 Å². The molecule has 0 unspecified atom stereocenters. The number of ether oxygens (including phenoxy) is 3. The Balaban J connectivity index is 1.97. The molecule has 2 rings (SSSR count). The van der Waals surface area contributed by atoms with Crippen molar-refractivity contribution in [1.82, 2.24) is 0 Å². The Morgan fingerprint density at radius 2 is 1.82 bits per heavy atom. The summed E-state index contributed by atoms with van der Waals surface area (Å²) in [5.41, 5.74) is 1.73. The number of methoxy groups -OCH3 is 2. The average molecular weight is 298 g/mol. The zero-order valence-corrected chi connectivity index (χ0v) is 12.6. The average Bonchev–Trinajstić information content (AvgIpc) is 2.58. The first-order valence-corrected chi connectivity index (χ1v) is 6.83. The summed E-state index contributed by atoms with van der Waals surface area (Å²) >= 11 is 0. The standard InChI is InChI=1S/C18H18O4/c1-20-16-10-8-15(17(12-16)21-2)9-11-18(19)22-13-14-6-4-3-5-7-14/h3-12H,13H2,1-2H3. The van der Waals surface area contributed by atoms with Crippen molar-refractivity contribution in [3.63, 3.8) is 0 Å². The maximum atomic E-state index is 11.7. The van der Waals surface area contributed by atoms with E-state index in [0.717, 1.165) is 11.1 Å². The topological polar surface area (TPSA) is 44.8 Å². The quantitative estimate of drug-likeness (QED) is 0.605. The third kappa shape index (κ3) is 4.38. The van der Waals surface area contributed by atoms with E-state index in [0.29, 0.717) is 11.5 Å². The predicted octanol–water partition coefficient (Wildman–Crippen LogP) is 3.46. The molecule has 2 aromatic carbocycles. The monoisotopic (exact) mass is 298 g/mol. The number of hydrogen-bond acceptors (Lipinski definition) is 4. The van der Waals surface area contributed by atoms with Crippen molar-refractivity contribution in [2.24, 2.45) is 0 Å². The van der Waals surface area contributed by atoms with Crippen LogP contribution in [-0.2, 0) is 16.1 Å². The van der Waals surface area contributed by atoms with Crippen LogP contribution in [0.25, 0.3) is 6.08 Å². The van der Waals surface area contributed by atoms with Crippen LogP contribution in [0.15, 0.2) is 54.6 Å². The second-order valence-corrected chi connectivity index (χ2v) is 4.53. The van der Waals surface area contributed by atoms with Crippen LogP contribution in [0.4, 0.5) is 0 Å². The van der Waals surface area contributed by atoms with Crippen molar-refractivity contribution in [2.75, 3.05) is 14.2 Å². The van der Waals surface area contributed by atoms with Crippen LogP contribution in [0.5, 0.6) is 11.5 Å². The van der Waals surface area contributed by atoms with E-state index >= 15 is 0 Å². The molecular formula is C18H18O4. The van der Waals surface area contributed by atoms with E-state index in [4.69, 9.17) is 14.2 Å². The van der Waals surface area contributed by atoms with Gasteiger partial charge in [-0.3, -0.25) is 0 Å². The number of rotatable bonds is 6. The lowest BCUT2D eigenvalue weighted by molar-refractivity contribution is -0.138. The molecule has 0 aromatic heterocycles. The lowest BCUT2D eigenvalue weighted by Crippen LogP contribution is -2.00. The highest BCUT2D eigenvalue weighted by Crippen LogP contribution is 2.25. The molecule has 0 fully saturated rings. The molecule has 0 saturated heterocycles. The molecule has 0 spiro atoms. The summed E-state index contributed by atoms with van der Waals surface area (Å²) in [6.45, 7) is 0.254. The van der Waals surface area contributed by atoms with Gasteiger partial charge in [0.2, 0.25) is 0 Å². The minimum atomic E-state index is -0.401. The highest BCUT2D eigenvalue weighted by molar-refractivity contribution is 5.87. The van der Waals surface area contributed by atoms with Gasteiger partial charge in [0.25, 0.3) is 0 Å². The lowest BCUT2D eigenvalue weighted by Gasteiger charge is -2.07. The molecule has 0 heterocycles. The van der Waals surface area contributed by atoms with Crippen LogP contribution < -0.4 is 9.47 Å². The van der Waals surface area contributed by atoms with Crippen molar-refractivity contribution >= 4 is 12.0 Å². The third-order valence-corrected chi connectivity index (χ3v) is 3.06. The number of hydrogen-bond donors (Lipinski definition) is 0. The molecule has 114 valence electrons. The van der Waals surface area contributed by atoms with Gasteiger partial charge in [0.15, 0.2) is 0 Å². The zero-order chi connectivity index (χ0) is 15.8. The van der Waals surface area contributed by atoms with Gasteiger partial charge in [0.05, 0.1) is 14.2 Å². The van der Waals surface area contributed by atoms with E-state index in [9.17, 15) is 4.79 Å². The maximum absolute atomic E-state index is 11.7. The van der Waals surface area contributed by atoms with E-state index in [2.05, 4.69) is 0 Å². The highest BCUT2D eigenvalue weighted by Gasteiger charge is 2.03. The molecule has 0 amide bonds. The third-order valence-electron chi connectivity index (χ3n) is 3.06. The Morgan fingerprint density at radius 3 is 2.50 bits per heavy atom. The molecule has 0 saturated carbocycles. The molecule has 0 aliphatic heterocycles. The van der Waals surface area contributed by atoms with Crippen LogP contribution in [0, 0.1) is 0 Å². The fourth-order valence-electron chi connectivity index (χ4n) is 1.89. The number of esters is 1. The maximum Gasteiger partial charge on any atom is 0.331 e. The normalized spacial score (nSPS) is 10.5. The van der Waals surface area contributed by atoms with E-state index in [1.54, 1.807) is 32.4 Å². The summed E-state index contributed by atoms with van der Waals surface area (Å²) in [7, 11) is 3.16. The second kappa shape index (κ2) is 7.88. The molecule has 0 aliphatic carbocycles. The van der Waals surface area contributed by atoms with Crippen molar-refractivity contribution in [3.05, 3.63) is 65.7 Å². The van der Waals surface area contributed by atoms with Gasteiger partial charge in [-0.05, 0) is 23.8 Å². The first-order chi connectivity index (χ1) is 10.7. The molecule has 4 nitrogen and oxygen atoms in total. The van der Waals surface area contributed by atoms with E-state index in [1.807, 2.05) is 36.4 Å². The van der Waals surface area contributed by atoms with Crippen LogP contribution in [0.2, 0.25) is 0 Å². The SMILES string of the molecule is COc1ccc(C=CC(=O)OCc2ccccc2)c(OC)c1.